The van der Waals surface area contributed by atoms with Crippen molar-refractivity contribution in [1.82, 2.24) is 0 Å². The van der Waals surface area contributed by atoms with Crippen LogP contribution >= 0.6 is 0 Å². The third-order valence-corrected chi connectivity index (χ3v) is 2.54. The summed E-state index contributed by atoms with van der Waals surface area (Å²) in [7, 11) is 0. The van der Waals surface area contributed by atoms with Crippen LogP contribution < -0.4 is 15.2 Å². The molecule has 0 saturated heterocycles. The molecule has 0 aromatic heterocycles. The summed E-state index contributed by atoms with van der Waals surface area (Å²) in [5.74, 6) is -0.0598. The van der Waals surface area contributed by atoms with Gasteiger partial charge in [0.25, 0.3) is 0 Å². The second kappa shape index (κ2) is 4.02. The number of carbonyl (C=O) groups is 1. The van der Waals surface area contributed by atoms with Crippen LogP contribution in [0.2, 0.25) is 0 Å². The molecule has 0 amide bonds. The highest BCUT2D eigenvalue weighted by atomic mass is 16.6. The lowest BCUT2D eigenvalue weighted by molar-refractivity contribution is -0.138. The molecule has 5 nitrogen and oxygen atoms in total. The first-order valence-corrected chi connectivity index (χ1v) is 4.98. The van der Waals surface area contributed by atoms with Crippen LogP contribution in [0.5, 0.6) is 11.5 Å². The molecule has 0 spiro atoms. The Balaban J connectivity index is 2.53. The van der Waals surface area contributed by atoms with Crippen molar-refractivity contribution >= 4 is 5.97 Å². The number of hydrogen-bond donors (Lipinski definition) is 2. The van der Waals surface area contributed by atoms with Crippen LogP contribution in [0.25, 0.3) is 0 Å². The smallest absolute Gasteiger partial charge is 0.325 e. The highest BCUT2D eigenvalue weighted by Gasteiger charge is 2.25. The molecule has 1 unspecified atom stereocenters. The van der Waals surface area contributed by atoms with E-state index in [0.29, 0.717) is 30.3 Å². The van der Waals surface area contributed by atoms with E-state index in [4.69, 9.17) is 20.3 Å². The van der Waals surface area contributed by atoms with Gasteiger partial charge in [-0.3, -0.25) is 4.79 Å². The average Bonchev–Trinajstić information content (AvgIpc) is 2.28. The predicted octanol–water partition coefficient (Wildman–Crippen LogP) is 0.851. The molecule has 1 aliphatic heterocycles. The van der Waals surface area contributed by atoms with E-state index < -0.39 is 12.0 Å². The van der Waals surface area contributed by atoms with Crippen LogP contribution in [0.1, 0.15) is 17.2 Å². The van der Waals surface area contributed by atoms with Gasteiger partial charge in [-0.1, -0.05) is 6.07 Å². The highest BCUT2D eigenvalue weighted by Crippen LogP contribution is 2.38. The number of ether oxygens (including phenoxy) is 2. The van der Waals surface area contributed by atoms with Crippen LogP contribution in [0.15, 0.2) is 12.1 Å². The summed E-state index contributed by atoms with van der Waals surface area (Å²) in [5.41, 5.74) is 6.91. The van der Waals surface area contributed by atoms with Gasteiger partial charge in [0.15, 0.2) is 11.5 Å². The van der Waals surface area contributed by atoms with Gasteiger partial charge in [-0.05, 0) is 18.6 Å². The van der Waals surface area contributed by atoms with E-state index in [2.05, 4.69) is 0 Å². The van der Waals surface area contributed by atoms with Crippen molar-refractivity contribution in [3.05, 3.63) is 23.3 Å². The summed E-state index contributed by atoms with van der Waals surface area (Å²) in [4.78, 5) is 10.9. The maximum absolute atomic E-state index is 10.9. The molecule has 1 heterocycles. The number of hydrogen-bond acceptors (Lipinski definition) is 4. The quantitative estimate of drug-likeness (QED) is 0.776. The Morgan fingerprint density at radius 2 is 2.12 bits per heavy atom. The molecule has 3 N–H and O–H groups in total. The number of carboxylic acids is 1. The molecule has 0 radical (unpaired) electrons. The predicted molar refractivity (Wildman–Crippen MR) is 56.7 cm³/mol. The maximum Gasteiger partial charge on any atom is 0.325 e. The van der Waals surface area contributed by atoms with Crippen LogP contribution in [0, 0.1) is 6.92 Å². The topological polar surface area (TPSA) is 81.8 Å². The number of carboxylic acid groups (broad SMARTS) is 1. The molecule has 16 heavy (non-hydrogen) atoms. The van der Waals surface area contributed by atoms with Crippen molar-refractivity contribution in [1.29, 1.82) is 0 Å². The van der Waals surface area contributed by atoms with Gasteiger partial charge < -0.3 is 20.3 Å². The molecule has 2 rings (SSSR count). The minimum absolute atomic E-state index is 0.412. The minimum Gasteiger partial charge on any atom is -0.486 e. The number of rotatable bonds is 2. The van der Waals surface area contributed by atoms with E-state index in [-0.39, 0.29) is 0 Å². The second-order valence-corrected chi connectivity index (χ2v) is 3.64. The molecule has 5 heteroatoms. The second-order valence-electron chi connectivity index (χ2n) is 3.64. The van der Waals surface area contributed by atoms with Gasteiger partial charge in [-0.15, -0.1) is 0 Å². The summed E-state index contributed by atoms with van der Waals surface area (Å²) >= 11 is 0. The maximum atomic E-state index is 10.9. The zero-order valence-corrected chi connectivity index (χ0v) is 8.90. The number of aryl methyl sites for hydroxylation is 1. The van der Waals surface area contributed by atoms with Gasteiger partial charge in [-0.2, -0.15) is 0 Å². The average molecular weight is 223 g/mol. The van der Waals surface area contributed by atoms with Crippen LogP contribution in [0.4, 0.5) is 0 Å². The molecule has 1 aliphatic rings. The molecule has 0 fully saturated rings. The van der Waals surface area contributed by atoms with Gasteiger partial charge in [0.2, 0.25) is 0 Å². The molecule has 86 valence electrons. The Hall–Kier alpha value is -1.75. The fraction of sp³-hybridized carbons (Fsp3) is 0.364. The van der Waals surface area contributed by atoms with E-state index in [1.165, 1.54) is 0 Å². The Labute approximate surface area is 92.8 Å². The van der Waals surface area contributed by atoms with Gasteiger partial charge in [-0.25, -0.2) is 0 Å². The Kier molecular flexibility index (Phi) is 2.70. The lowest BCUT2D eigenvalue weighted by Gasteiger charge is -2.23. The Bertz CT molecular complexity index is 430. The van der Waals surface area contributed by atoms with Gasteiger partial charge in [0.05, 0.1) is 0 Å². The van der Waals surface area contributed by atoms with E-state index in [0.717, 1.165) is 5.56 Å². The van der Waals surface area contributed by atoms with Crippen molar-refractivity contribution in [2.75, 3.05) is 13.2 Å². The first-order valence-electron chi connectivity index (χ1n) is 4.98. The van der Waals surface area contributed by atoms with Gasteiger partial charge in [0, 0.05) is 5.56 Å². The van der Waals surface area contributed by atoms with Crippen molar-refractivity contribution < 1.29 is 19.4 Å². The first kappa shape index (κ1) is 10.8. The fourth-order valence-electron chi connectivity index (χ4n) is 1.75. The molecule has 0 saturated carbocycles. The van der Waals surface area contributed by atoms with E-state index in [1.54, 1.807) is 19.1 Å². The summed E-state index contributed by atoms with van der Waals surface area (Å²) in [6.45, 7) is 2.68. The summed E-state index contributed by atoms with van der Waals surface area (Å²) in [6, 6.07) is 2.46. The molecule has 1 atom stereocenters. The summed E-state index contributed by atoms with van der Waals surface area (Å²) in [6.07, 6.45) is 0. The van der Waals surface area contributed by atoms with Crippen LogP contribution in [0.3, 0.4) is 0 Å². The van der Waals surface area contributed by atoms with Crippen LogP contribution in [-0.4, -0.2) is 24.3 Å². The third-order valence-electron chi connectivity index (χ3n) is 2.54. The molecular weight excluding hydrogens is 210 g/mol. The lowest BCUT2D eigenvalue weighted by Crippen LogP contribution is -2.25. The van der Waals surface area contributed by atoms with E-state index in [9.17, 15) is 4.79 Å². The Morgan fingerprint density at radius 3 is 2.81 bits per heavy atom. The summed E-state index contributed by atoms with van der Waals surface area (Å²) in [5, 5.41) is 8.94. The summed E-state index contributed by atoms with van der Waals surface area (Å²) < 4.78 is 10.8. The molecule has 1 aromatic carbocycles. The van der Waals surface area contributed by atoms with Crippen LogP contribution in [-0.2, 0) is 4.79 Å². The van der Waals surface area contributed by atoms with Crippen molar-refractivity contribution in [3.63, 3.8) is 0 Å². The first-order chi connectivity index (χ1) is 7.61. The number of nitrogens with two attached hydrogens (primary N) is 1. The number of fused-ring (bicyclic) bond motifs is 1. The highest BCUT2D eigenvalue weighted by molar-refractivity contribution is 5.78. The SMILES string of the molecule is Cc1ccc2c(c1C(N)C(=O)O)OCCO2. The van der Waals surface area contributed by atoms with Gasteiger partial charge >= 0.3 is 5.97 Å². The normalized spacial score (nSPS) is 15.6. The van der Waals surface area contributed by atoms with Crippen molar-refractivity contribution in [3.8, 4) is 11.5 Å². The zero-order valence-electron chi connectivity index (χ0n) is 8.90. The zero-order chi connectivity index (χ0) is 11.7. The number of benzene rings is 1. The Morgan fingerprint density at radius 1 is 1.44 bits per heavy atom. The molecular formula is C11H13NO4. The largest absolute Gasteiger partial charge is 0.486 e. The van der Waals surface area contributed by atoms with E-state index >= 15 is 0 Å². The molecule has 0 aliphatic carbocycles. The lowest BCUT2D eigenvalue weighted by atomic mass is 10.00. The fourth-order valence-corrected chi connectivity index (χ4v) is 1.75. The number of aliphatic carboxylic acids is 1. The molecule has 1 aromatic rings. The van der Waals surface area contributed by atoms with Crippen molar-refractivity contribution in [2.45, 2.75) is 13.0 Å². The minimum atomic E-state index is -1.09. The third kappa shape index (κ3) is 1.69. The van der Waals surface area contributed by atoms with Crippen molar-refractivity contribution in [2.24, 2.45) is 5.73 Å². The molecule has 0 bridgehead atoms. The standard InChI is InChI=1S/C11H13NO4/c1-6-2-3-7-10(16-5-4-15-7)8(6)9(12)11(13)14/h2-3,9H,4-5,12H2,1H3,(H,13,14). The monoisotopic (exact) mass is 223 g/mol. The van der Waals surface area contributed by atoms with E-state index in [1.807, 2.05) is 0 Å². The van der Waals surface area contributed by atoms with Gasteiger partial charge in [0.1, 0.15) is 19.3 Å².